The number of nitrogens with zero attached hydrogens (tertiary/aromatic N) is 1. The Hall–Kier alpha value is -3.39. The second-order valence-corrected chi connectivity index (χ2v) is 9.35. The summed E-state index contributed by atoms with van der Waals surface area (Å²) in [6.07, 6.45) is -0.777. The molecule has 8 heteroatoms. The number of alkyl carbamates (subject to hydrolysis) is 1. The minimum atomic E-state index is -1.82. The number of carbonyl (C=O) groups excluding carboxylic acids is 2. The number of amides is 2. The predicted octanol–water partition coefficient (Wildman–Crippen LogP) is 2.99. The number of likely N-dealkylation sites (tertiary alicyclic amines) is 1. The van der Waals surface area contributed by atoms with E-state index in [9.17, 15) is 24.6 Å². The lowest BCUT2D eigenvalue weighted by Gasteiger charge is -2.37. The summed E-state index contributed by atoms with van der Waals surface area (Å²) in [6.45, 7) is 4.01. The predicted molar refractivity (Wildman–Crippen MR) is 125 cm³/mol. The maximum atomic E-state index is 13.1. The van der Waals surface area contributed by atoms with E-state index in [0.717, 1.165) is 22.3 Å². The SMILES string of the molecule is CC(C)C(NC(=O)OCC1c2ccccc2-c2ccccc21)C(=O)N1CCC(O)(C(=O)O)CC1. The lowest BCUT2D eigenvalue weighted by atomic mass is 9.90. The molecule has 1 fully saturated rings. The number of fused-ring (bicyclic) bond motifs is 3. The van der Waals surface area contributed by atoms with Crippen LogP contribution in [0.4, 0.5) is 4.79 Å². The van der Waals surface area contributed by atoms with Crippen molar-refractivity contribution in [3.05, 3.63) is 59.7 Å². The first-order valence-electron chi connectivity index (χ1n) is 11.6. The Morgan fingerprint density at radius 1 is 1.03 bits per heavy atom. The highest BCUT2D eigenvalue weighted by atomic mass is 16.5. The molecule has 2 aromatic rings. The summed E-state index contributed by atoms with van der Waals surface area (Å²) >= 11 is 0. The third kappa shape index (κ3) is 4.50. The minimum Gasteiger partial charge on any atom is -0.479 e. The standard InChI is InChI=1S/C26H30N2O6/c1-16(2)22(23(29)28-13-11-26(33,12-14-28)24(30)31)27-25(32)34-15-21-19-9-5-3-7-17(19)18-8-4-6-10-20(18)21/h3-10,16,21-22,33H,11-15H2,1-2H3,(H,27,32)(H,30,31). The molecule has 1 heterocycles. The summed E-state index contributed by atoms with van der Waals surface area (Å²) in [4.78, 5) is 38.5. The van der Waals surface area contributed by atoms with E-state index in [-0.39, 0.29) is 50.3 Å². The molecule has 1 unspecified atom stereocenters. The smallest absolute Gasteiger partial charge is 0.407 e. The van der Waals surface area contributed by atoms with Crippen LogP contribution in [0.3, 0.4) is 0 Å². The Morgan fingerprint density at radius 3 is 2.06 bits per heavy atom. The van der Waals surface area contributed by atoms with Crippen LogP contribution in [0.5, 0.6) is 0 Å². The minimum absolute atomic E-state index is 0.0518. The third-order valence-electron chi connectivity index (χ3n) is 6.85. The number of carboxylic acids is 1. The summed E-state index contributed by atoms with van der Waals surface area (Å²) in [6, 6.07) is 15.3. The highest BCUT2D eigenvalue weighted by Gasteiger charge is 2.42. The van der Waals surface area contributed by atoms with Crippen LogP contribution in [-0.2, 0) is 14.3 Å². The first-order valence-corrected chi connectivity index (χ1v) is 11.6. The van der Waals surface area contributed by atoms with Crippen LogP contribution < -0.4 is 5.32 Å². The molecule has 180 valence electrons. The average molecular weight is 467 g/mol. The first kappa shape index (κ1) is 23.8. The second kappa shape index (κ2) is 9.46. The lowest BCUT2D eigenvalue weighted by Crippen LogP contribution is -2.56. The Morgan fingerprint density at radius 2 is 1.56 bits per heavy atom. The zero-order valence-electron chi connectivity index (χ0n) is 19.4. The van der Waals surface area contributed by atoms with E-state index >= 15 is 0 Å². The van der Waals surface area contributed by atoms with Crippen molar-refractivity contribution in [1.82, 2.24) is 10.2 Å². The maximum Gasteiger partial charge on any atom is 0.407 e. The molecule has 2 aliphatic rings. The Kier molecular flexibility index (Phi) is 6.61. The van der Waals surface area contributed by atoms with E-state index in [1.165, 1.54) is 4.90 Å². The number of piperidine rings is 1. The Bertz CT molecular complexity index is 1040. The first-order chi connectivity index (χ1) is 16.2. The number of carbonyl (C=O) groups is 3. The van der Waals surface area contributed by atoms with Crippen LogP contribution in [0.25, 0.3) is 11.1 Å². The van der Waals surface area contributed by atoms with Crippen molar-refractivity contribution in [1.29, 1.82) is 0 Å². The van der Waals surface area contributed by atoms with Crippen molar-refractivity contribution in [3.8, 4) is 11.1 Å². The van der Waals surface area contributed by atoms with Gasteiger partial charge in [0.2, 0.25) is 5.91 Å². The number of hydrogen-bond acceptors (Lipinski definition) is 5. The molecule has 1 atom stereocenters. The molecule has 0 bridgehead atoms. The van der Waals surface area contributed by atoms with Gasteiger partial charge in [-0.2, -0.15) is 0 Å². The molecule has 8 nitrogen and oxygen atoms in total. The third-order valence-corrected chi connectivity index (χ3v) is 6.85. The molecule has 34 heavy (non-hydrogen) atoms. The number of rotatable bonds is 6. The van der Waals surface area contributed by atoms with Gasteiger partial charge in [0.25, 0.3) is 0 Å². The van der Waals surface area contributed by atoms with Gasteiger partial charge in [-0.15, -0.1) is 0 Å². The zero-order valence-corrected chi connectivity index (χ0v) is 19.4. The van der Waals surface area contributed by atoms with Crippen LogP contribution in [0, 0.1) is 5.92 Å². The van der Waals surface area contributed by atoms with Crippen LogP contribution in [0.2, 0.25) is 0 Å². The van der Waals surface area contributed by atoms with Crippen molar-refractivity contribution < 1.29 is 29.3 Å². The molecule has 4 rings (SSSR count). The van der Waals surface area contributed by atoms with E-state index in [1.54, 1.807) is 0 Å². The fraction of sp³-hybridized carbons (Fsp3) is 0.423. The van der Waals surface area contributed by atoms with Crippen molar-refractivity contribution >= 4 is 18.0 Å². The molecule has 0 spiro atoms. The monoisotopic (exact) mass is 466 g/mol. The summed E-state index contributed by atoms with van der Waals surface area (Å²) in [5.74, 6) is -1.87. The molecule has 0 aromatic heterocycles. The highest BCUT2D eigenvalue weighted by Crippen LogP contribution is 2.44. The summed E-state index contributed by atoms with van der Waals surface area (Å²) in [5.41, 5.74) is 2.66. The maximum absolute atomic E-state index is 13.1. The normalized spacial score (nSPS) is 17.6. The lowest BCUT2D eigenvalue weighted by molar-refractivity contribution is -0.165. The number of aliphatic carboxylic acids is 1. The zero-order chi connectivity index (χ0) is 24.5. The molecule has 0 saturated carbocycles. The average Bonchev–Trinajstić information content (AvgIpc) is 3.15. The molecule has 3 N–H and O–H groups in total. The number of hydrogen-bond donors (Lipinski definition) is 3. The molecule has 1 aliphatic heterocycles. The summed E-state index contributed by atoms with van der Waals surface area (Å²) < 4.78 is 5.58. The van der Waals surface area contributed by atoms with Gasteiger partial charge in [0.1, 0.15) is 12.6 Å². The Balaban J connectivity index is 1.39. The molecule has 0 radical (unpaired) electrons. The van der Waals surface area contributed by atoms with E-state index in [2.05, 4.69) is 17.4 Å². The van der Waals surface area contributed by atoms with Gasteiger partial charge in [0.15, 0.2) is 5.60 Å². The van der Waals surface area contributed by atoms with Crippen molar-refractivity contribution in [2.24, 2.45) is 5.92 Å². The molecule has 1 aliphatic carbocycles. The topological polar surface area (TPSA) is 116 Å². The molecular formula is C26H30N2O6. The number of carboxylic acid groups (broad SMARTS) is 1. The number of nitrogens with one attached hydrogen (secondary N) is 1. The van der Waals surface area contributed by atoms with Gasteiger partial charge in [-0.1, -0.05) is 62.4 Å². The van der Waals surface area contributed by atoms with Crippen LogP contribution in [0.15, 0.2) is 48.5 Å². The highest BCUT2D eigenvalue weighted by molar-refractivity contribution is 5.86. The van der Waals surface area contributed by atoms with Crippen LogP contribution in [-0.4, -0.2) is 64.4 Å². The van der Waals surface area contributed by atoms with Crippen LogP contribution in [0.1, 0.15) is 43.7 Å². The largest absolute Gasteiger partial charge is 0.479 e. The number of ether oxygens (including phenoxy) is 1. The van der Waals surface area contributed by atoms with Gasteiger partial charge < -0.3 is 25.2 Å². The van der Waals surface area contributed by atoms with Gasteiger partial charge in [-0.05, 0) is 28.2 Å². The second-order valence-electron chi connectivity index (χ2n) is 9.35. The Labute approximate surface area is 198 Å². The number of aliphatic hydroxyl groups is 1. The summed E-state index contributed by atoms with van der Waals surface area (Å²) in [5, 5.41) is 22.0. The number of benzene rings is 2. The van der Waals surface area contributed by atoms with Gasteiger partial charge in [-0.3, -0.25) is 4.79 Å². The fourth-order valence-electron chi connectivity index (χ4n) is 4.79. The van der Waals surface area contributed by atoms with Crippen molar-refractivity contribution in [2.45, 2.75) is 44.2 Å². The summed E-state index contributed by atoms with van der Waals surface area (Å²) in [7, 11) is 0. The van der Waals surface area contributed by atoms with E-state index in [1.807, 2.05) is 50.2 Å². The quantitative estimate of drug-likeness (QED) is 0.603. The van der Waals surface area contributed by atoms with Gasteiger partial charge in [0, 0.05) is 31.8 Å². The van der Waals surface area contributed by atoms with Gasteiger partial charge in [-0.25, -0.2) is 9.59 Å². The van der Waals surface area contributed by atoms with Crippen LogP contribution >= 0.6 is 0 Å². The molecule has 2 aromatic carbocycles. The molecular weight excluding hydrogens is 436 g/mol. The van der Waals surface area contributed by atoms with E-state index < -0.39 is 23.7 Å². The molecule has 1 saturated heterocycles. The van der Waals surface area contributed by atoms with Crippen molar-refractivity contribution in [2.75, 3.05) is 19.7 Å². The van der Waals surface area contributed by atoms with E-state index in [4.69, 9.17) is 4.74 Å². The van der Waals surface area contributed by atoms with Gasteiger partial charge in [0.05, 0.1) is 0 Å². The molecule has 2 amide bonds. The van der Waals surface area contributed by atoms with Crippen molar-refractivity contribution in [3.63, 3.8) is 0 Å². The van der Waals surface area contributed by atoms with Gasteiger partial charge >= 0.3 is 12.1 Å². The van der Waals surface area contributed by atoms with E-state index in [0.29, 0.717) is 0 Å². The fourth-order valence-corrected chi connectivity index (χ4v) is 4.79.